The number of hydrogen-bond acceptors (Lipinski definition) is 6. The molecule has 160 valence electrons. The first kappa shape index (κ1) is 20.4. The van der Waals surface area contributed by atoms with Crippen molar-refractivity contribution < 1.29 is 23.7 Å². The molecule has 4 rings (SSSR count). The lowest BCUT2D eigenvalue weighted by molar-refractivity contribution is 0.0974. The highest BCUT2D eigenvalue weighted by Crippen LogP contribution is 2.43. The first-order valence-electron chi connectivity index (χ1n) is 9.74. The Hall–Kier alpha value is -3.87. The number of carbonyl (C=O) groups is 1. The van der Waals surface area contributed by atoms with Gasteiger partial charge in [0.15, 0.2) is 11.5 Å². The van der Waals surface area contributed by atoms with Crippen molar-refractivity contribution in [1.29, 1.82) is 0 Å². The molecule has 1 heterocycles. The molecule has 3 aromatic rings. The van der Waals surface area contributed by atoms with Crippen molar-refractivity contribution in [2.75, 3.05) is 38.7 Å². The largest absolute Gasteiger partial charge is 0.497 e. The topological polar surface area (TPSA) is 69.3 Å². The van der Waals surface area contributed by atoms with Gasteiger partial charge in [-0.15, -0.1) is 0 Å². The molecule has 1 aliphatic rings. The van der Waals surface area contributed by atoms with E-state index >= 15 is 0 Å². The lowest BCUT2D eigenvalue weighted by Crippen LogP contribution is -2.43. The summed E-state index contributed by atoms with van der Waals surface area (Å²) < 4.78 is 21.8. The summed E-state index contributed by atoms with van der Waals surface area (Å²) in [4.78, 5) is 15.3. The van der Waals surface area contributed by atoms with E-state index in [1.165, 1.54) is 0 Å². The summed E-state index contributed by atoms with van der Waals surface area (Å²) in [5.41, 5.74) is 2.79. The van der Waals surface area contributed by atoms with Crippen LogP contribution in [0.15, 0.2) is 60.7 Å². The molecule has 31 heavy (non-hydrogen) atoms. The van der Waals surface area contributed by atoms with Crippen LogP contribution >= 0.6 is 0 Å². The SMILES string of the molecule is COc1ccc(N2C(=O)c3ccccc3N[C@H]2c2cc(OC)c(OC)cc2OC)cc1. The van der Waals surface area contributed by atoms with Gasteiger partial charge in [0.25, 0.3) is 5.91 Å². The number of para-hydroxylation sites is 1. The van der Waals surface area contributed by atoms with Crippen LogP contribution in [0.1, 0.15) is 22.1 Å². The average molecular weight is 420 g/mol. The smallest absolute Gasteiger partial charge is 0.262 e. The summed E-state index contributed by atoms with van der Waals surface area (Å²) in [6.45, 7) is 0. The molecule has 1 atom stereocenters. The number of nitrogens with zero attached hydrogens (tertiary/aromatic N) is 1. The zero-order valence-electron chi connectivity index (χ0n) is 17.8. The fraction of sp³-hybridized carbons (Fsp3) is 0.208. The number of rotatable bonds is 6. The molecular weight excluding hydrogens is 396 g/mol. The van der Waals surface area contributed by atoms with Crippen LogP contribution < -0.4 is 29.2 Å². The molecule has 0 unspecified atom stereocenters. The zero-order valence-corrected chi connectivity index (χ0v) is 17.8. The lowest BCUT2D eigenvalue weighted by Gasteiger charge is -2.38. The third-order valence-electron chi connectivity index (χ3n) is 5.31. The second kappa shape index (κ2) is 8.47. The minimum atomic E-state index is -0.537. The van der Waals surface area contributed by atoms with E-state index in [9.17, 15) is 4.79 Å². The van der Waals surface area contributed by atoms with E-state index in [1.54, 1.807) is 39.4 Å². The highest BCUT2D eigenvalue weighted by atomic mass is 16.5. The Bertz CT molecular complexity index is 1100. The van der Waals surface area contributed by atoms with Gasteiger partial charge >= 0.3 is 0 Å². The number of nitrogens with one attached hydrogen (secondary N) is 1. The van der Waals surface area contributed by atoms with Crippen molar-refractivity contribution in [2.24, 2.45) is 0 Å². The van der Waals surface area contributed by atoms with E-state index in [0.29, 0.717) is 28.6 Å². The van der Waals surface area contributed by atoms with Gasteiger partial charge in [-0.2, -0.15) is 0 Å². The lowest BCUT2D eigenvalue weighted by atomic mass is 10.0. The number of benzene rings is 3. The highest BCUT2D eigenvalue weighted by molar-refractivity contribution is 6.12. The van der Waals surface area contributed by atoms with E-state index < -0.39 is 6.17 Å². The summed E-state index contributed by atoms with van der Waals surface area (Å²) in [5.74, 6) is 2.24. The van der Waals surface area contributed by atoms with Crippen LogP contribution in [0, 0.1) is 0 Å². The molecule has 1 N–H and O–H groups in total. The molecule has 1 amide bonds. The maximum Gasteiger partial charge on any atom is 0.262 e. The van der Waals surface area contributed by atoms with E-state index in [0.717, 1.165) is 16.9 Å². The van der Waals surface area contributed by atoms with Gasteiger partial charge in [-0.3, -0.25) is 9.69 Å². The molecule has 0 spiro atoms. The zero-order chi connectivity index (χ0) is 22.0. The van der Waals surface area contributed by atoms with Crippen LogP contribution in [0.5, 0.6) is 23.0 Å². The monoisotopic (exact) mass is 420 g/mol. The van der Waals surface area contributed by atoms with Crippen LogP contribution in [-0.4, -0.2) is 34.3 Å². The number of hydrogen-bond donors (Lipinski definition) is 1. The van der Waals surface area contributed by atoms with Crippen LogP contribution in [0.4, 0.5) is 11.4 Å². The number of methoxy groups -OCH3 is 4. The van der Waals surface area contributed by atoms with E-state index in [1.807, 2.05) is 54.6 Å². The van der Waals surface area contributed by atoms with Gasteiger partial charge in [0.2, 0.25) is 0 Å². The van der Waals surface area contributed by atoms with Gasteiger partial charge in [0, 0.05) is 23.0 Å². The normalized spacial score (nSPS) is 15.0. The Morgan fingerprint density at radius 3 is 2.06 bits per heavy atom. The Kier molecular flexibility index (Phi) is 5.58. The fourth-order valence-electron chi connectivity index (χ4n) is 3.75. The quantitative estimate of drug-likeness (QED) is 0.634. The van der Waals surface area contributed by atoms with E-state index in [2.05, 4.69) is 5.32 Å². The van der Waals surface area contributed by atoms with Crippen molar-refractivity contribution in [3.05, 3.63) is 71.8 Å². The van der Waals surface area contributed by atoms with Crippen molar-refractivity contribution >= 4 is 17.3 Å². The van der Waals surface area contributed by atoms with Crippen molar-refractivity contribution in [2.45, 2.75) is 6.17 Å². The molecule has 0 aromatic heterocycles. The number of ether oxygens (including phenoxy) is 4. The van der Waals surface area contributed by atoms with Gasteiger partial charge in [-0.05, 0) is 42.5 Å². The third-order valence-corrected chi connectivity index (χ3v) is 5.31. The van der Waals surface area contributed by atoms with Gasteiger partial charge in [0.05, 0.1) is 34.0 Å². The van der Waals surface area contributed by atoms with Crippen LogP contribution in [0.2, 0.25) is 0 Å². The Labute approximate surface area is 181 Å². The second-order valence-corrected chi connectivity index (χ2v) is 6.91. The van der Waals surface area contributed by atoms with Gasteiger partial charge in [-0.25, -0.2) is 0 Å². The van der Waals surface area contributed by atoms with Gasteiger partial charge < -0.3 is 24.3 Å². The summed E-state index contributed by atoms with van der Waals surface area (Å²) in [6.07, 6.45) is -0.537. The van der Waals surface area contributed by atoms with Crippen molar-refractivity contribution in [1.82, 2.24) is 0 Å². The maximum absolute atomic E-state index is 13.6. The van der Waals surface area contributed by atoms with Crippen molar-refractivity contribution in [3.63, 3.8) is 0 Å². The summed E-state index contributed by atoms with van der Waals surface area (Å²) in [6, 6.07) is 18.4. The maximum atomic E-state index is 13.6. The standard InChI is InChI=1S/C24H24N2O5/c1-28-16-11-9-15(10-12-16)26-23(25-19-8-6-5-7-17(19)24(26)27)18-13-21(30-3)22(31-4)14-20(18)29-2/h5-14,23,25H,1-4H3/t23-/m1/s1. The molecule has 0 radical (unpaired) electrons. The molecule has 7 nitrogen and oxygen atoms in total. The first-order valence-corrected chi connectivity index (χ1v) is 9.74. The minimum Gasteiger partial charge on any atom is -0.497 e. The third kappa shape index (κ3) is 3.59. The second-order valence-electron chi connectivity index (χ2n) is 6.91. The Balaban J connectivity index is 1.90. The molecule has 0 fully saturated rings. The molecule has 7 heteroatoms. The van der Waals surface area contributed by atoms with Gasteiger partial charge in [0.1, 0.15) is 17.7 Å². The highest BCUT2D eigenvalue weighted by Gasteiger charge is 2.36. The van der Waals surface area contributed by atoms with Crippen LogP contribution in [-0.2, 0) is 0 Å². The number of anilines is 2. The molecule has 3 aromatic carbocycles. The predicted octanol–water partition coefficient (Wildman–Crippen LogP) is 4.49. The summed E-state index contributed by atoms with van der Waals surface area (Å²) >= 11 is 0. The van der Waals surface area contributed by atoms with E-state index in [-0.39, 0.29) is 5.91 Å². The minimum absolute atomic E-state index is 0.124. The van der Waals surface area contributed by atoms with E-state index in [4.69, 9.17) is 18.9 Å². The van der Waals surface area contributed by atoms with Gasteiger partial charge in [-0.1, -0.05) is 12.1 Å². The molecular formula is C24H24N2O5. The molecule has 0 saturated heterocycles. The number of amides is 1. The molecule has 0 saturated carbocycles. The molecule has 0 aliphatic carbocycles. The Morgan fingerprint density at radius 2 is 1.42 bits per heavy atom. The number of fused-ring (bicyclic) bond motifs is 1. The summed E-state index contributed by atoms with van der Waals surface area (Å²) in [7, 11) is 6.33. The molecule has 0 bridgehead atoms. The summed E-state index contributed by atoms with van der Waals surface area (Å²) in [5, 5.41) is 3.48. The predicted molar refractivity (Wildman–Crippen MR) is 119 cm³/mol. The average Bonchev–Trinajstić information content (AvgIpc) is 2.83. The Morgan fingerprint density at radius 1 is 0.774 bits per heavy atom. The van der Waals surface area contributed by atoms with Crippen LogP contribution in [0.25, 0.3) is 0 Å². The van der Waals surface area contributed by atoms with Crippen molar-refractivity contribution in [3.8, 4) is 23.0 Å². The molecule has 1 aliphatic heterocycles. The first-order chi connectivity index (χ1) is 15.1. The van der Waals surface area contributed by atoms with Crippen LogP contribution in [0.3, 0.4) is 0 Å². The fourth-order valence-corrected chi connectivity index (χ4v) is 3.75. The number of carbonyl (C=O) groups excluding carboxylic acids is 1.